The maximum atomic E-state index is 13.1. The SMILES string of the molecule is CC(C)(C#N)CCCS(=O)(=O)c1cc(F)ccc1N. The lowest BCUT2D eigenvalue weighted by Gasteiger charge is -2.14. The molecule has 0 aliphatic carbocycles. The fourth-order valence-electron chi connectivity index (χ4n) is 1.65. The normalized spacial score (nSPS) is 12.1. The first kappa shape index (κ1) is 15.4. The van der Waals surface area contributed by atoms with Gasteiger partial charge in [0.15, 0.2) is 9.84 Å². The molecule has 2 N–H and O–H groups in total. The lowest BCUT2D eigenvalue weighted by atomic mass is 9.90. The van der Waals surface area contributed by atoms with E-state index in [1.165, 1.54) is 6.07 Å². The summed E-state index contributed by atoms with van der Waals surface area (Å²) in [6.45, 7) is 3.49. The molecule has 0 aliphatic rings. The van der Waals surface area contributed by atoms with Crippen molar-refractivity contribution in [3.8, 4) is 6.07 Å². The lowest BCUT2D eigenvalue weighted by molar-refractivity contribution is 0.445. The monoisotopic (exact) mass is 284 g/mol. The van der Waals surface area contributed by atoms with Crippen LogP contribution >= 0.6 is 0 Å². The Hall–Kier alpha value is -1.61. The van der Waals surface area contributed by atoms with Gasteiger partial charge in [-0.3, -0.25) is 0 Å². The molecule has 0 aromatic heterocycles. The number of hydrogen-bond acceptors (Lipinski definition) is 4. The van der Waals surface area contributed by atoms with Gasteiger partial charge in [-0.2, -0.15) is 5.26 Å². The molecule has 1 aromatic rings. The van der Waals surface area contributed by atoms with Gasteiger partial charge in [0.2, 0.25) is 0 Å². The Labute approximate surface area is 113 Å². The van der Waals surface area contributed by atoms with Crippen LogP contribution in [-0.2, 0) is 9.84 Å². The summed E-state index contributed by atoms with van der Waals surface area (Å²) < 4.78 is 37.2. The Morgan fingerprint density at radius 2 is 2.05 bits per heavy atom. The standard InChI is InChI=1S/C13H17FN2O2S/c1-13(2,9-15)6-3-7-19(17,18)12-8-10(14)4-5-11(12)16/h4-5,8H,3,6-7,16H2,1-2H3. The van der Waals surface area contributed by atoms with E-state index >= 15 is 0 Å². The van der Waals surface area contributed by atoms with Crippen LogP contribution < -0.4 is 5.73 Å². The highest BCUT2D eigenvalue weighted by Gasteiger charge is 2.21. The second-order valence-electron chi connectivity index (χ2n) is 5.10. The number of benzene rings is 1. The topological polar surface area (TPSA) is 84.0 Å². The summed E-state index contributed by atoms with van der Waals surface area (Å²) in [5.41, 5.74) is 5.04. The van der Waals surface area contributed by atoms with Crippen molar-refractivity contribution in [3.05, 3.63) is 24.0 Å². The molecule has 0 radical (unpaired) electrons. The molecule has 0 aliphatic heterocycles. The number of halogens is 1. The van der Waals surface area contributed by atoms with Crippen molar-refractivity contribution in [2.45, 2.75) is 31.6 Å². The van der Waals surface area contributed by atoms with Gasteiger partial charge in [0.1, 0.15) is 5.82 Å². The molecule has 0 bridgehead atoms. The third-order valence-corrected chi connectivity index (χ3v) is 4.68. The van der Waals surface area contributed by atoms with E-state index < -0.39 is 21.1 Å². The van der Waals surface area contributed by atoms with E-state index in [0.717, 1.165) is 12.1 Å². The van der Waals surface area contributed by atoms with Gasteiger partial charge >= 0.3 is 0 Å². The molecular weight excluding hydrogens is 267 g/mol. The summed E-state index contributed by atoms with van der Waals surface area (Å²) in [7, 11) is -3.62. The minimum atomic E-state index is -3.62. The van der Waals surface area contributed by atoms with E-state index in [4.69, 9.17) is 11.0 Å². The highest BCUT2D eigenvalue weighted by Crippen LogP contribution is 2.25. The van der Waals surface area contributed by atoms with Crippen LogP contribution in [0, 0.1) is 22.6 Å². The van der Waals surface area contributed by atoms with E-state index in [1.54, 1.807) is 13.8 Å². The molecule has 19 heavy (non-hydrogen) atoms. The summed E-state index contributed by atoms with van der Waals surface area (Å²) in [5.74, 6) is -0.781. The van der Waals surface area contributed by atoms with Crippen LogP contribution in [-0.4, -0.2) is 14.2 Å². The van der Waals surface area contributed by atoms with Crippen molar-refractivity contribution in [2.75, 3.05) is 11.5 Å². The Kier molecular flexibility index (Phi) is 4.53. The summed E-state index contributed by atoms with van der Waals surface area (Å²) in [4.78, 5) is -0.178. The largest absolute Gasteiger partial charge is 0.398 e. The van der Waals surface area contributed by atoms with Crippen molar-refractivity contribution < 1.29 is 12.8 Å². The van der Waals surface area contributed by atoms with Gasteiger partial charge in [-0.1, -0.05) is 0 Å². The quantitative estimate of drug-likeness (QED) is 0.842. The first-order valence-electron chi connectivity index (χ1n) is 5.87. The van der Waals surface area contributed by atoms with Gasteiger partial charge in [-0.05, 0) is 44.9 Å². The second-order valence-corrected chi connectivity index (χ2v) is 7.18. The van der Waals surface area contributed by atoms with Crippen LogP contribution in [0.5, 0.6) is 0 Å². The molecule has 0 spiro atoms. The number of nitrogens with zero attached hydrogens (tertiary/aromatic N) is 1. The van der Waals surface area contributed by atoms with Crippen molar-refractivity contribution in [3.63, 3.8) is 0 Å². The highest BCUT2D eigenvalue weighted by molar-refractivity contribution is 7.91. The van der Waals surface area contributed by atoms with Gasteiger partial charge in [0.05, 0.1) is 27.8 Å². The van der Waals surface area contributed by atoms with Gasteiger partial charge in [0, 0.05) is 0 Å². The zero-order valence-corrected chi connectivity index (χ0v) is 11.8. The van der Waals surface area contributed by atoms with Crippen molar-refractivity contribution in [2.24, 2.45) is 5.41 Å². The average molecular weight is 284 g/mol. The fourth-order valence-corrected chi connectivity index (χ4v) is 3.11. The van der Waals surface area contributed by atoms with E-state index in [1.807, 2.05) is 0 Å². The van der Waals surface area contributed by atoms with Crippen molar-refractivity contribution in [1.29, 1.82) is 5.26 Å². The van der Waals surface area contributed by atoms with Crippen LogP contribution in [0.2, 0.25) is 0 Å². The molecule has 1 rings (SSSR count). The Balaban J connectivity index is 2.83. The zero-order chi connectivity index (χ0) is 14.7. The first-order valence-corrected chi connectivity index (χ1v) is 7.52. The average Bonchev–Trinajstić information content (AvgIpc) is 2.31. The van der Waals surface area contributed by atoms with E-state index in [0.29, 0.717) is 12.8 Å². The van der Waals surface area contributed by atoms with E-state index in [-0.39, 0.29) is 16.3 Å². The molecule has 0 saturated carbocycles. The molecule has 0 amide bonds. The molecule has 4 nitrogen and oxygen atoms in total. The summed E-state index contributed by atoms with van der Waals surface area (Å²) in [5, 5.41) is 8.85. The third-order valence-electron chi connectivity index (χ3n) is 2.83. The second kappa shape index (κ2) is 5.57. The summed E-state index contributed by atoms with van der Waals surface area (Å²) in [6.07, 6.45) is 0.788. The third kappa shape index (κ3) is 4.21. The first-order chi connectivity index (χ1) is 8.68. The Morgan fingerprint density at radius 1 is 1.42 bits per heavy atom. The zero-order valence-electron chi connectivity index (χ0n) is 11.0. The van der Waals surface area contributed by atoms with Crippen LogP contribution in [0.3, 0.4) is 0 Å². The van der Waals surface area contributed by atoms with E-state index in [9.17, 15) is 12.8 Å². The number of nitriles is 1. The number of sulfone groups is 1. The van der Waals surface area contributed by atoms with Crippen LogP contribution in [0.4, 0.5) is 10.1 Å². The predicted octanol–water partition coefficient (Wildman–Crippen LogP) is 2.51. The molecule has 0 unspecified atom stereocenters. The summed E-state index contributed by atoms with van der Waals surface area (Å²) in [6, 6.07) is 5.39. The number of nitrogen functional groups attached to an aromatic ring is 1. The fraction of sp³-hybridized carbons (Fsp3) is 0.462. The van der Waals surface area contributed by atoms with Gasteiger partial charge in [0.25, 0.3) is 0 Å². The van der Waals surface area contributed by atoms with Crippen molar-refractivity contribution >= 4 is 15.5 Å². The van der Waals surface area contributed by atoms with Crippen molar-refractivity contribution in [1.82, 2.24) is 0 Å². The minimum absolute atomic E-state index is 0.0425. The smallest absolute Gasteiger partial charge is 0.180 e. The molecular formula is C13H17FN2O2S. The molecule has 0 heterocycles. The highest BCUT2D eigenvalue weighted by atomic mass is 32.2. The molecule has 0 fully saturated rings. The maximum absolute atomic E-state index is 13.1. The molecule has 104 valence electrons. The van der Waals surface area contributed by atoms with Crippen LogP contribution in [0.15, 0.2) is 23.1 Å². The Bertz CT molecular complexity index is 604. The number of anilines is 1. The molecule has 0 saturated heterocycles. The minimum Gasteiger partial charge on any atom is -0.398 e. The molecule has 0 atom stereocenters. The van der Waals surface area contributed by atoms with E-state index in [2.05, 4.69) is 6.07 Å². The number of hydrogen-bond donors (Lipinski definition) is 1. The maximum Gasteiger partial charge on any atom is 0.180 e. The number of rotatable bonds is 5. The van der Waals surface area contributed by atoms with Crippen LogP contribution in [0.25, 0.3) is 0 Å². The van der Waals surface area contributed by atoms with Gasteiger partial charge in [-0.25, -0.2) is 12.8 Å². The predicted molar refractivity (Wildman–Crippen MR) is 71.5 cm³/mol. The van der Waals surface area contributed by atoms with Crippen LogP contribution in [0.1, 0.15) is 26.7 Å². The summed E-state index contributed by atoms with van der Waals surface area (Å²) >= 11 is 0. The van der Waals surface area contributed by atoms with Gasteiger partial charge < -0.3 is 5.73 Å². The Morgan fingerprint density at radius 3 is 2.63 bits per heavy atom. The number of nitrogens with two attached hydrogens (primary N) is 1. The molecule has 6 heteroatoms. The lowest BCUT2D eigenvalue weighted by Crippen LogP contribution is -2.14. The van der Waals surface area contributed by atoms with Gasteiger partial charge in [-0.15, -0.1) is 0 Å². The molecule has 1 aromatic carbocycles.